The van der Waals surface area contributed by atoms with E-state index in [0.29, 0.717) is 0 Å². The third kappa shape index (κ3) is 4.63. The largest absolute Gasteiger partial charge is 0.497 e. The molecule has 1 aromatic carbocycles. The van der Waals surface area contributed by atoms with E-state index in [1.165, 1.54) is 12.8 Å². The molecule has 1 aliphatic rings. The van der Waals surface area contributed by atoms with E-state index in [0.717, 1.165) is 45.8 Å². The van der Waals surface area contributed by atoms with Crippen LogP contribution in [0.1, 0.15) is 25.8 Å². The Hall–Kier alpha value is -2.91. The third-order valence-electron chi connectivity index (χ3n) is 4.98. The average Bonchev–Trinajstić information content (AvgIpc) is 3.53. The number of carbonyl (C=O) groups is 1. The summed E-state index contributed by atoms with van der Waals surface area (Å²) < 4.78 is 7.42. The van der Waals surface area contributed by atoms with Crippen molar-refractivity contribution in [1.29, 1.82) is 0 Å². The van der Waals surface area contributed by atoms with E-state index in [2.05, 4.69) is 14.9 Å². The Morgan fingerprint density at radius 3 is 2.70 bits per heavy atom. The van der Waals surface area contributed by atoms with E-state index >= 15 is 0 Å². The van der Waals surface area contributed by atoms with E-state index in [1.807, 2.05) is 42.0 Å². The molecule has 0 unspecified atom stereocenters. The number of methoxy groups -OCH3 is 1. The number of ether oxygens (including phenoxy) is 1. The zero-order valence-corrected chi connectivity index (χ0v) is 17.9. The molecule has 8 nitrogen and oxygen atoms in total. The van der Waals surface area contributed by atoms with Gasteiger partial charge >= 0.3 is 0 Å². The Balaban J connectivity index is 0.000000806. The summed E-state index contributed by atoms with van der Waals surface area (Å²) in [6, 6.07) is 7.85. The fraction of sp³-hybridized carbons (Fsp3) is 0.381. The molecule has 30 heavy (non-hydrogen) atoms. The first kappa shape index (κ1) is 21.8. The van der Waals surface area contributed by atoms with Gasteiger partial charge in [-0.2, -0.15) is 0 Å². The van der Waals surface area contributed by atoms with Crippen molar-refractivity contribution in [2.45, 2.75) is 25.8 Å². The van der Waals surface area contributed by atoms with Crippen LogP contribution in [0, 0.1) is 0 Å². The topological polar surface area (TPSA) is 101 Å². The van der Waals surface area contributed by atoms with Gasteiger partial charge in [-0.15, -0.1) is 0 Å². The molecule has 0 bridgehead atoms. The maximum Gasteiger partial charge on any atom is 0.290 e. The summed E-state index contributed by atoms with van der Waals surface area (Å²) in [5.41, 5.74) is 2.86. The number of imidazole rings is 1. The molecule has 3 aromatic rings. The molecule has 2 N–H and O–H groups in total. The van der Waals surface area contributed by atoms with E-state index in [1.54, 1.807) is 24.8 Å². The number of anilines is 1. The van der Waals surface area contributed by atoms with Gasteiger partial charge in [0.2, 0.25) is 0 Å². The highest BCUT2D eigenvalue weighted by atomic mass is 32.1. The molecule has 0 spiro atoms. The van der Waals surface area contributed by atoms with Gasteiger partial charge in [-0.05, 0) is 31.9 Å². The van der Waals surface area contributed by atoms with Crippen molar-refractivity contribution in [2.75, 3.05) is 31.7 Å². The normalized spacial score (nSPS) is 14.2. The van der Waals surface area contributed by atoms with Gasteiger partial charge in [-0.3, -0.25) is 4.79 Å². The third-order valence-corrected chi connectivity index (χ3v) is 6.04. The van der Waals surface area contributed by atoms with Crippen LogP contribution in [-0.2, 0) is 4.79 Å². The van der Waals surface area contributed by atoms with Crippen LogP contribution >= 0.6 is 11.3 Å². The van der Waals surface area contributed by atoms with Gasteiger partial charge in [0.15, 0.2) is 5.13 Å². The first-order chi connectivity index (χ1) is 14.6. The molecule has 2 aromatic heterocycles. The van der Waals surface area contributed by atoms with Crippen LogP contribution in [-0.4, -0.2) is 58.0 Å². The molecule has 3 heterocycles. The van der Waals surface area contributed by atoms with E-state index < -0.39 is 0 Å². The van der Waals surface area contributed by atoms with Gasteiger partial charge in [0.25, 0.3) is 6.47 Å². The number of rotatable bonds is 6. The number of aromatic nitrogens is 3. The number of carboxylic acid groups (broad SMARTS) is 1. The lowest BCUT2D eigenvalue weighted by Gasteiger charge is -2.15. The molecule has 0 saturated carbocycles. The lowest BCUT2D eigenvalue weighted by molar-refractivity contribution is -0.122. The zero-order valence-electron chi connectivity index (χ0n) is 17.1. The highest BCUT2D eigenvalue weighted by Crippen LogP contribution is 2.39. The second-order valence-electron chi connectivity index (χ2n) is 6.92. The second-order valence-corrected chi connectivity index (χ2v) is 7.93. The van der Waals surface area contributed by atoms with Crippen molar-refractivity contribution in [2.24, 2.45) is 0 Å². The molecular formula is C21H26N4O4S. The van der Waals surface area contributed by atoms with Crippen molar-refractivity contribution in [3.63, 3.8) is 0 Å². The van der Waals surface area contributed by atoms with Crippen molar-refractivity contribution in [3.05, 3.63) is 36.8 Å². The number of nitrogens with zero attached hydrogens (tertiary/aromatic N) is 4. The maximum atomic E-state index is 9.71. The second kappa shape index (κ2) is 10.2. The molecule has 0 aliphatic carbocycles. The number of thiazole rings is 1. The highest BCUT2D eigenvalue weighted by Gasteiger charge is 2.22. The fourth-order valence-corrected chi connectivity index (χ4v) is 4.46. The zero-order chi connectivity index (χ0) is 21.5. The predicted octanol–water partition coefficient (Wildman–Crippen LogP) is 3.54. The van der Waals surface area contributed by atoms with Crippen molar-refractivity contribution in [3.8, 4) is 27.6 Å². The van der Waals surface area contributed by atoms with Crippen LogP contribution < -0.4 is 9.64 Å². The Labute approximate surface area is 179 Å². The summed E-state index contributed by atoms with van der Waals surface area (Å²) in [6.07, 6.45) is 6.19. The molecular weight excluding hydrogens is 404 g/mol. The summed E-state index contributed by atoms with van der Waals surface area (Å²) in [5, 5.41) is 17.7. The summed E-state index contributed by atoms with van der Waals surface area (Å²) in [5.74, 6) is 0.797. The molecule has 1 fully saturated rings. The van der Waals surface area contributed by atoms with Gasteiger partial charge in [0.1, 0.15) is 5.75 Å². The first-order valence-corrected chi connectivity index (χ1v) is 10.6. The number of aliphatic hydroxyl groups excluding tert-OH is 1. The molecule has 4 rings (SSSR count). The van der Waals surface area contributed by atoms with Crippen LogP contribution in [0.5, 0.6) is 5.75 Å². The molecule has 0 amide bonds. The van der Waals surface area contributed by atoms with Crippen LogP contribution in [0.2, 0.25) is 0 Å². The van der Waals surface area contributed by atoms with Gasteiger partial charge in [-0.1, -0.05) is 23.5 Å². The molecule has 1 saturated heterocycles. The average molecular weight is 431 g/mol. The number of aliphatic hydroxyl groups is 1. The predicted molar refractivity (Wildman–Crippen MR) is 117 cm³/mol. The highest BCUT2D eigenvalue weighted by molar-refractivity contribution is 7.18. The lowest BCUT2D eigenvalue weighted by atomic mass is 10.1. The van der Waals surface area contributed by atoms with Gasteiger partial charge < -0.3 is 24.4 Å². The minimum absolute atomic E-state index is 0.0543. The van der Waals surface area contributed by atoms with E-state index in [9.17, 15) is 5.11 Å². The van der Waals surface area contributed by atoms with Crippen LogP contribution in [0.25, 0.3) is 21.8 Å². The van der Waals surface area contributed by atoms with E-state index in [-0.39, 0.29) is 19.1 Å². The lowest BCUT2D eigenvalue weighted by Crippen LogP contribution is -2.16. The van der Waals surface area contributed by atoms with Crippen molar-refractivity contribution in [1.82, 2.24) is 14.5 Å². The fourth-order valence-electron chi connectivity index (χ4n) is 3.44. The number of hydrogen-bond acceptors (Lipinski definition) is 7. The Morgan fingerprint density at radius 2 is 2.03 bits per heavy atom. The summed E-state index contributed by atoms with van der Waals surface area (Å²) in [7, 11) is 1.66. The van der Waals surface area contributed by atoms with Crippen LogP contribution in [0.3, 0.4) is 0 Å². The molecule has 1 aliphatic heterocycles. The summed E-state index contributed by atoms with van der Waals surface area (Å²) >= 11 is 1.69. The molecule has 1 atom stereocenters. The molecule has 160 valence electrons. The molecule has 9 heteroatoms. The van der Waals surface area contributed by atoms with Crippen molar-refractivity contribution >= 4 is 22.9 Å². The van der Waals surface area contributed by atoms with Crippen LogP contribution in [0.15, 0.2) is 36.8 Å². The van der Waals surface area contributed by atoms with Crippen LogP contribution in [0.4, 0.5) is 5.13 Å². The quantitative estimate of drug-likeness (QED) is 0.577. The monoisotopic (exact) mass is 430 g/mol. The Morgan fingerprint density at radius 1 is 1.30 bits per heavy atom. The van der Waals surface area contributed by atoms with Crippen molar-refractivity contribution < 1.29 is 19.7 Å². The minimum Gasteiger partial charge on any atom is -0.497 e. The minimum atomic E-state index is -0.250. The van der Waals surface area contributed by atoms with E-state index in [4.69, 9.17) is 14.6 Å². The SMILES string of the molecule is COc1cccc(-c2ncn([C@H](C)CO)c2-c2cnc(N3CCCC3)s2)c1.O=CO. The first-order valence-electron chi connectivity index (χ1n) is 9.74. The smallest absolute Gasteiger partial charge is 0.290 e. The number of benzene rings is 1. The standard InChI is InChI=1S/C20H24N4O2S.CH2O2/c1-14(12-25)24-13-22-18(15-6-5-7-16(10-15)26-2)19(24)17-11-21-20(27-17)23-8-3-4-9-23;2-1-3/h5-7,10-11,13-14,25H,3-4,8-9,12H2,1-2H3;1H,(H,2,3)/t14-;/m1./s1. The number of hydrogen-bond donors (Lipinski definition) is 2. The Bertz CT molecular complexity index is 966. The summed E-state index contributed by atoms with van der Waals surface area (Å²) in [6.45, 7) is 3.94. The maximum absolute atomic E-state index is 9.71. The summed E-state index contributed by atoms with van der Waals surface area (Å²) in [4.78, 5) is 21.1. The van der Waals surface area contributed by atoms with Gasteiger partial charge in [0, 0.05) is 24.8 Å². The van der Waals surface area contributed by atoms with Gasteiger partial charge in [0.05, 0.1) is 42.4 Å². The van der Waals surface area contributed by atoms with Gasteiger partial charge in [-0.25, -0.2) is 9.97 Å². The molecule has 0 radical (unpaired) electrons. The Kier molecular flexibility index (Phi) is 7.42.